The van der Waals surface area contributed by atoms with Crippen LogP contribution in [0.25, 0.3) is 0 Å². The molecule has 26 heavy (non-hydrogen) atoms. The molecule has 1 saturated heterocycles. The lowest BCUT2D eigenvalue weighted by Gasteiger charge is -2.20. The highest BCUT2D eigenvalue weighted by molar-refractivity contribution is 7.99. The maximum atomic E-state index is 13.9. The molecule has 0 amide bonds. The molecule has 2 aromatic carbocycles. The predicted molar refractivity (Wildman–Crippen MR) is 103 cm³/mol. The van der Waals surface area contributed by atoms with Crippen LogP contribution in [0.1, 0.15) is 17.2 Å². The molecule has 0 N–H and O–H groups in total. The van der Waals surface area contributed by atoms with Gasteiger partial charge in [-0.25, -0.2) is 12.8 Å². The van der Waals surface area contributed by atoms with Crippen LogP contribution in [0.3, 0.4) is 0 Å². The van der Waals surface area contributed by atoms with Gasteiger partial charge in [0.2, 0.25) is 10.0 Å². The van der Waals surface area contributed by atoms with Gasteiger partial charge >= 0.3 is 0 Å². The van der Waals surface area contributed by atoms with E-state index in [9.17, 15) is 12.8 Å². The second-order valence-corrected chi connectivity index (χ2v) is 9.53. The molecule has 0 aliphatic carbocycles. The van der Waals surface area contributed by atoms with Crippen LogP contribution in [0.15, 0.2) is 47.4 Å². The molecule has 1 heterocycles. The zero-order chi connectivity index (χ0) is 18.7. The Labute approximate surface area is 162 Å². The van der Waals surface area contributed by atoms with Crippen LogP contribution >= 0.6 is 23.4 Å². The number of methoxy groups -OCH3 is 1. The Morgan fingerprint density at radius 1 is 1.23 bits per heavy atom. The Morgan fingerprint density at radius 3 is 2.69 bits per heavy atom. The van der Waals surface area contributed by atoms with Crippen molar-refractivity contribution in [2.24, 2.45) is 0 Å². The van der Waals surface area contributed by atoms with Crippen LogP contribution in [0, 0.1) is 5.82 Å². The number of hydrogen-bond donors (Lipinski definition) is 0. The molecule has 0 bridgehead atoms. The Kier molecular flexibility index (Phi) is 6.12. The fourth-order valence-electron chi connectivity index (χ4n) is 2.93. The number of rotatable bonds is 4. The maximum absolute atomic E-state index is 13.9. The van der Waals surface area contributed by atoms with Crippen molar-refractivity contribution in [2.45, 2.75) is 16.6 Å². The van der Waals surface area contributed by atoms with E-state index >= 15 is 0 Å². The number of halogens is 2. The van der Waals surface area contributed by atoms with Gasteiger partial charge in [0.05, 0.1) is 12.0 Å². The van der Waals surface area contributed by atoms with Crippen molar-refractivity contribution in [2.75, 3.05) is 26.0 Å². The molecule has 2 aromatic rings. The predicted octanol–water partition coefficient (Wildman–Crippen LogP) is 4.36. The monoisotopic (exact) mass is 415 g/mol. The lowest BCUT2D eigenvalue weighted by atomic mass is 10.1. The lowest BCUT2D eigenvalue weighted by molar-refractivity contribution is 0.385. The third kappa shape index (κ3) is 4.01. The van der Waals surface area contributed by atoms with E-state index < -0.39 is 15.8 Å². The molecule has 0 spiro atoms. The quantitative estimate of drug-likeness (QED) is 0.744. The average molecular weight is 416 g/mol. The first-order valence-corrected chi connectivity index (χ1v) is 11.0. The van der Waals surface area contributed by atoms with Gasteiger partial charge in [-0.3, -0.25) is 0 Å². The summed E-state index contributed by atoms with van der Waals surface area (Å²) in [5.41, 5.74) is 1.02. The van der Waals surface area contributed by atoms with Crippen molar-refractivity contribution in [3.8, 4) is 5.75 Å². The molecular formula is C18H19ClFNO3S2. The lowest BCUT2D eigenvalue weighted by Crippen LogP contribution is -2.33. The Hall–Kier alpha value is -1.28. The van der Waals surface area contributed by atoms with Crippen molar-refractivity contribution in [3.63, 3.8) is 0 Å². The summed E-state index contributed by atoms with van der Waals surface area (Å²) in [6.07, 6.45) is 0.645. The number of benzene rings is 2. The largest absolute Gasteiger partial charge is 0.494 e. The minimum atomic E-state index is -3.76. The number of hydrogen-bond acceptors (Lipinski definition) is 4. The fourth-order valence-corrected chi connectivity index (χ4v) is 6.11. The number of ether oxygens (including phenoxy) is 1. The van der Waals surface area contributed by atoms with Crippen LogP contribution in [-0.4, -0.2) is 38.7 Å². The van der Waals surface area contributed by atoms with Crippen molar-refractivity contribution in [1.82, 2.24) is 4.31 Å². The summed E-state index contributed by atoms with van der Waals surface area (Å²) in [5, 5.41) is 0.829. The van der Waals surface area contributed by atoms with E-state index in [-0.39, 0.29) is 15.9 Å². The smallest absolute Gasteiger partial charge is 0.243 e. The zero-order valence-corrected chi connectivity index (χ0v) is 16.6. The molecule has 3 rings (SSSR count). The normalized spacial score (nSPS) is 19.1. The Bertz CT molecular complexity index is 892. The van der Waals surface area contributed by atoms with E-state index in [1.54, 1.807) is 11.8 Å². The first-order chi connectivity index (χ1) is 12.4. The summed E-state index contributed by atoms with van der Waals surface area (Å²) in [5.74, 6) is -0.0193. The first kappa shape index (κ1) is 19.5. The molecule has 4 nitrogen and oxygen atoms in total. The van der Waals surface area contributed by atoms with Crippen LogP contribution in [-0.2, 0) is 10.0 Å². The van der Waals surface area contributed by atoms with Crippen molar-refractivity contribution in [1.29, 1.82) is 0 Å². The summed E-state index contributed by atoms with van der Waals surface area (Å²) >= 11 is 7.97. The summed E-state index contributed by atoms with van der Waals surface area (Å²) in [4.78, 5) is -0.0583. The van der Waals surface area contributed by atoms with E-state index in [0.29, 0.717) is 30.3 Å². The molecule has 1 aliphatic heterocycles. The van der Waals surface area contributed by atoms with Gasteiger partial charge in [-0.05, 0) is 36.2 Å². The number of thioether (sulfide) groups is 1. The van der Waals surface area contributed by atoms with Gasteiger partial charge in [0.1, 0.15) is 0 Å². The average Bonchev–Trinajstić information content (AvgIpc) is 2.88. The SMILES string of the molecule is COc1ccc(S(=O)(=O)N2CCSC(c3ccccc3Cl)CC2)cc1F. The third-order valence-corrected chi connectivity index (χ3v) is 7.86. The van der Waals surface area contributed by atoms with Crippen LogP contribution in [0.5, 0.6) is 5.75 Å². The minimum Gasteiger partial charge on any atom is -0.494 e. The third-order valence-electron chi connectivity index (χ3n) is 4.31. The minimum absolute atomic E-state index is 0.0224. The van der Waals surface area contributed by atoms with Gasteiger partial charge < -0.3 is 4.74 Å². The van der Waals surface area contributed by atoms with Crippen LogP contribution in [0.4, 0.5) is 4.39 Å². The molecule has 0 aromatic heterocycles. The van der Waals surface area contributed by atoms with Gasteiger partial charge in [-0.15, -0.1) is 0 Å². The highest BCUT2D eigenvalue weighted by Crippen LogP contribution is 2.38. The van der Waals surface area contributed by atoms with Crippen molar-refractivity contribution in [3.05, 3.63) is 58.9 Å². The molecule has 8 heteroatoms. The molecular weight excluding hydrogens is 397 g/mol. The van der Waals surface area contributed by atoms with Gasteiger partial charge in [0.15, 0.2) is 11.6 Å². The van der Waals surface area contributed by atoms with E-state index in [2.05, 4.69) is 0 Å². The van der Waals surface area contributed by atoms with Crippen LogP contribution < -0.4 is 4.74 Å². The summed E-state index contributed by atoms with van der Waals surface area (Å²) in [7, 11) is -2.42. The highest BCUT2D eigenvalue weighted by Gasteiger charge is 2.29. The van der Waals surface area contributed by atoms with E-state index in [4.69, 9.17) is 16.3 Å². The topological polar surface area (TPSA) is 46.6 Å². The van der Waals surface area contributed by atoms with Gasteiger partial charge in [-0.1, -0.05) is 29.8 Å². The van der Waals surface area contributed by atoms with Crippen molar-refractivity contribution < 1.29 is 17.5 Å². The summed E-state index contributed by atoms with van der Waals surface area (Å²) in [6.45, 7) is 0.737. The molecule has 1 fully saturated rings. The van der Waals surface area contributed by atoms with Gasteiger partial charge in [0.25, 0.3) is 0 Å². The number of sulfonamides is 1. The van der Waals surface area contributed by atoms with Crippen molar-refractivity contribution >= 4 is 33.4 Å². The molecule has 140 valence electrons. The number of nitrogens with zero attached hydrogens (tertiary/aromatic N) is 1. The molecule has 1 atom stereocenters. The maximum Gasteiger partial charge on any atom is 0.243 e. The van der Waals surface area contributed by atoms with Gasteiger partial charge in [-0.2, -0.15) is 16.1 Å². The van der Waals surface area contributed by atoms with E-state index in [0.717, 1.165) is 11.6 Å². The molecule has 0 radical (unpaired) electrons. The van der Waals surface area contributed by atoms with E-state index in [1.165, 1.54) is 23.5 Å². The first-order valence-electron chi connectivity index (χ1n) is 8.13. The van der Waals surface area contributed by atoms with E-state index in [1.807, 2.05) is 24.3 Å². The molecule has 0 saturated carbocycles. The standard InChI is InChI=1S/C18H19ClFNO3S2/c1-24-17-7-6-13(12-16(17)20)26(22,23)21-9-8-18(25-11-10-21)14-4-2-3-5-15(14)19/h2-7,12,18H,8-11H2,1H3. The second kappa shape index (κ2) is 8.17. The summed E-state index contributed by atoms with van der Waals surface area (Å²) < 4.78 is 46.0. The fraction of sp³-hybridized carbons (Fsp3) is 0.333. The Morgan fingerprint density at radius 2 is 2.00 bits per heavy atom. The Balaban J connectivity index is 1.80. The highest BCUT2D eigenvalue weighted by atomic mass is 35.5. The zero-order valence-electron chi connectivity index (χ0n) is 14.2. The molecule has 1 aliphatic rings. The summed E-state index contributed by atoms with van der Waals surface area (Å²) in [6, 6.07) is 11.4. The van der Waals surface area contributed by atoms with Gasteiger partial charge in [0, 0.05) is 29.1 Å². The van der Waals surface area contributed by atoms with Crippen LogP contribution in [0.2, 0.25) is 5.02 Å². The second-order valence-electron chi connectivity index (χ2n) is 5.87. The molecule has 1 unspecified atom stereocenters.